The Morgan fingerprint density at radius 2 is 2.43 bits per heavy atom. The van der Waals surface area contributed by atoms with E-state index < -0.39 is 11.3 Å². The molecule has 0 amide bonds. The van der Waals surface area contributed by atoms with Crippen molar-refractivity contribution < 1.29 is 8.76 Å². The Morgan fingerprint density at radius 1 is 1.79 bits per heavy atom. The first kappa shape index (κ1) is 12.4. The van der Waals surface area contributed by atoms with E-state index in [9.17, 15) is 8.76 Å². The zero-order chi connectivity index (χ0) is 10.7. The highest BCUT2D eigenvalue weighted by Gasteiger charge is 2.27. The zero-order valence-corrected chi connectivity index (χ0v) is 10.1. The third-order valence-electron chi connectivity index (χ3n) is 2.38. The van der Waals surface area contributed by atoms with Crippen molar-refractivity contribution >= 4 is 23.9 Å². The van der Waals surface area contributed by atoms with Crippen molar-refractivity contribution in [2.45, 2.75) is 17.7 Å². The first-order valence-electron chi connectivity index (χ1n) is 4.44. The number of hydrogen-bond acceptors (Lipinski definition) is 5. The third kappa shape index (κ3) is 3.84. The van der Waals surface area contributed by atoms with Crippen molar-refractivity contribution in [3.8, 4) is 0 Å². The Morgan fingerprint density at radius 3 is 2.86 bits per heavy atom. The van der Waals surface area contributed by atoms with Gasteiger partial charge in [-0.25, -0.2) is 5.01 Å². The molecule has 0 radical (unpaired) electrons. The van der Waals surface area contributed by atoms with Gasteiger partial charge in [0.1, 0.15) is 0 Å². The Balaban J connectivity index is 2.33. The maximum atomic E-state index is 10.3. The monoisotopic (exact) mass is 238 g/mol. The van der Waals surface area contributed by atoms with Crippen LogP contribution in [0, 0.1) is 0 Å². The third-order valence-corrected chi connectivity index (χ3v) is 3.22. The second-order valence-corrected chi connectivity index (χ2v) is 5.07. The molecular formula is C7H16N3O2S2-. The largest absolute Gasteiger partial charge is 0.759 e. The van der Waals surface area contributed by atoms with Crippen molar-refractivity contribution in [1.82, 2.24) is 14.7 Å². The van der Waals surface area contributed by atoms with Crippen LogP contribution < -0.4 is 4.83 Å². The van der Waals surface area contributed by atoms with Crippen LogP contribution in [-0.2, 0) is 11.3 Å². The van der Waals surface area contributed by atoms with Gasteiger partial charge in [-0.3, -0.25) is 4.21 Å². The number of thiol groups is 1. The lowest BCUT2D eigenvalue weighted by atomic mass is 10.2. The van der Waals surface area contributed by atoms with Crippen LogP contribution >= 0.6 is 12.6 Å². The summed E-state index contributed by atoms with van der Waals surface area (Å²) in [6.07, 6.45) is 0.997. The van der Waals surface area contributed by atoms with Crippen LogP contribution in [0.4, 0.5) is 0 Å². The molecule has 1 heterocycles. The minimum Gasteiger partial charge on any atom is -0.759 e. The van der Waals surface area contributed by atoms with E-state index >= 15 is 0 Å². The van der Waals surface area contributed by atoms with Crippen LogP contribution in [0.1, 0.15) is 6.42 Å². The van der Waals surface area contributed by atoms with Crippen LogP contribution in [0.3, 0.4) is 0 Å². The van der Waals surface area contributed by atoms with E-state index in [4.69, 9.17) is 0 Å². The lowest BCUT2D eigenvalue weighted by molar-refractivity contribution is 0.201. The summed E-state index contributed by atoms with van der Waals surface area (Å²) in [7, 11) is 3.75. The summed E-state index contributed by atoms with van der Waals surface area (Å²) in [6.45, 7) is 1.64. The molecule has 14 heavy (non-hydrogen) atoms. The molecule has 0 aliphatic carbocycles. The molecule has 1 aliphatic heterocycles. The number of nitrogens with zero attached hydrogens (tertiary/aromatic N) is 2. The molecule has 5 nitrogen and oxygen atoms in total. The van der Waals surface area contributed by atoms with E-state index in [2.05, 4.69) is 22.4 Å². The number of hydrogen-bond donors (Lipinski definition) is 2. The summed E-state index contributed by atoms with van der Waals surface area (Å²) in [5.41, 5.74) is 0. The fraction of sp³-hybridized carbons (Fsp3) is 1.00. The summed E-state index contributed by atoms with van der Waals surface area (Å²) in [4.78, 5) is 4.50. The van der Waals surface area contributed by atoms with Gasteiger partial charge in [0, 0.05) is 42.7 Å². The van der Waals surface area contributed by atoms with E-state index in [1.165, 1.54) is 0 Å². The Bertz CT molecular complexity index is 217. The normalized spacial score (nSPS) is 31.2. The lowest BCUT2D eigenvalue weighted by Gasteiger charge is -2.26. The summed E-state index contributed by atoms with van der Waals surface area (Å²) >= 11 is 2.17. The predicted octanol–water partition coefficient (Wildman–Crippen LogP) is -0.781. The highest BCUT2D eigenvalue weighted by molar-refractivity contribution is 7.81. The summed E-state index contributed by atoms with van der Waals surface area (Å²) < 4.78 is 20.7. The summed E-state index contributed by atoms with van der Waals surface area (Å²) in [5, 5.41) is 1.98. The number of nitrogens with one attached hydrogen (secondary N) is 1. The second-order valence-electron chi connectivity index (χ2n) is 3.69. The molecule has 0 aromatic heterocycles. The Labute approximate surface area is 92.6 Å². The van der Waals surface area contributed by atoms with Gasteiger partial charge in [-0.1, -0.05) is 0 Å². The van der Waals surface area contributed by atoms with Gasteiger partial charge >= 0.3 is 0 Å². The van der Waals surface area contributed by atoms with E-state index in [0.717, 1.165) is 13.0 Å². The smallest absolute Gasteiger partial charge is 0.0326 e. The minimum absolute atomic E-state index is 0.374. The minimum atomic E-state index is -2.23. The number of likely N-dealkylation sites (tertiary alicyclic amines) is 1. The second kappa shape index (κ2) is 5.43. The van der Waals surface area contributed by atoms with Crippen molar-refractivity contribution in [2.75, 3.05) is 27.2 Å². The van der Waals surface area contributed by atoms with Gasteiger partial charge < -0.3 is 9.45 Å². The topological polar surface area (TPSA) is 58.6 Å². The van der Waals surface area contributed by atoms with E-state index in [0.29, 0.717) is 17.8 Å². The molecular weight excluding hydrogens is 222 g/mol. The Kier molecular flexibility index (Phi) is 4.81. The molecule has 84 valence electrons. The van der Waals surface area contributed by atoms with E-state index in [1.807, 2.05) is 7.05 Å². The van der Waals surface area contributed by atoms with Gasteiger partial charge in [0.25, 0.3) is 0 Å². The maximum absolute atomic E-state index is 10.3. The van der Waals surface area contributed by atoms with E-state index in [1.54, 1.807) is 12.1 Å². The van der Waals surface area contributed by atoms with Crippen molar-refractivity contribution in [1.29, 1.82) is 0 Å². The molecule has 1 N–H and O–H groups in total. The van der Waals surface area contributed by atoms with Gasteiger partial charge in [0.05, 0.1) is 0 Å². The maximum Gasteiger partial charge on any atom is 0.0326 e. The molecule has 1 aliphatic rings. The fourth-order valence-electron chi connectivity index (χ4n) is 1.74. The van der Waals surface area contributed by atoms with Crippen molar-refractivity contribution in [3.05, 3.63) is 0 Å². The van der Waals surface area contributed by atoms with Crippen molar-refractivity contribution in [2.24, 2.45) is 0 Å². The molecule has 0 saturated carbocycles. The highest BCUT2D eigenvalue weighted by atomic mass is 32.2. The first-order valence-corrected chi connectivity index (χ1v) is 6.03. The van der Waals surface area contributed by atoms with Gasteiger partial charge in [-0.05, 0) is 13.5 Å². The average Bonchev–Trinajstić information content (AvgIpc) is 2.28. The van der Waals surface area contributed by atoms with Crippen LogP contribution in [-0.4, -0.2) is 57.1 Å². The molecule has 1 rings (SSSR count). The average molecular weight is 238 g/mol. The molecule has 0 aromatic carbocycles. The standard InChI is InChI=1S/C7H17N3O2S2/c1-9-5-7(13)3-6(9)4-10(2)8-14(11)12/h6-8,13H,3-5H2,1-2H3,(H,11,12)/p-1/t6-,7-/m0/s1. The predicted molar refractivity (Wildman–Crippen MR) is 58.5 cm³/mol. The van der Waals surface area contributed by atoms with Crippen LogP contribution in [0.25, 0.3) is 0 Å². The number of rotatable bonds is 4. The molecule has 0 aromatic rings. The molecule has 0 spiro atoms. The van der Waals surface area contributed by atoms with Crippen LogP contribution in [0.5, 0.6) is 0 Å². The van der Waals surface area contributed by atoms with Gasteiger partial charge in [0.2, 0.25) is 0 Å². The van der Waals surface area contributed by atoms with Gasteiger partial charge in [-0.2, -0.15) is 17.5 Å². The number of likely N-dealkylation sites (N-methyl/N-ethyl adjacent to an activating group) is 2. The summed E-state index contributed by atoms with van der Waals surface area (Å²) in [5.74, 6) is 0. The molecule has 1 saturated heterocycles. The molecule has 1 fully saturated rings. The highest BCUT2D eigenvalue weighted by Crippen LogP contribution is 2.19. The first-order chi connectivity index (χ1) is 6.49. The molecule has 0 bridgehead atoms. The van der Waals surface area contributed by atoms with Crippen LogP contribution in [0.2, 0.25) is 0 Å². The number of hydrazine groups is 1. The lowest BCUT2D eigenvalue weighted by Crippen LogP contribution is -2.43. The molecule has 1 unspecified atom stereocenters. The molecule has 7 heteroatoms. The fourth-order valence-corrected chi connectivity index (χ4v) is 2.57. The summed E-state index contributed by atoms with van der Waals surface area (Å²) in [6, 6.07) is 0.374. The Hall–Kier alpha value is 0.340. The van der Waals surface area contributed by atoms with E-state index in [-0.39, 0.29) is 0 Å². The SMILES string of the molecule is CN(C[C@@H]1C[C@H](S)CN1C)NS(=O)[O-]. The van der Waals surface area contributed by atoms with Gasteiger partial charge in [-0.15, -0.1) is 0 Å². The molecule has 3 atom stereocenters. The quantitative estimate of drug-likeness (QED) is 0.383. The van der Waals surface area contributed by atoms with Crippen LogP contribution in [0.15, 0.2) is 0 Å². The van der Waals surface area contributed by atoms with Gasteiger partial charge in [0.15, 0.2) is 0 Å². The van der Waals surface area contributed by atoms with Crippen molar-refractivity contribution in [3.63, 3.8) is 0 Å². The zero-order valence-electron chi connectivity index (χ0n) is 8.34.